The molecule has 2 aliphatic carbocycles. The molecule has 0 aliphatic heterocycles. The number of carbonyl (C=O) groups excluding carboxylic acids is 1. The summed E-state index contributed by atoms with van der Waals surface area (Å²) in [6, 6.07) is 8.59. The number of benzene rings is 1. The van der Waals surface area contributed by atoms with Crippen molar-refractivity contribution in [3.05, 3.63) is 24.3 Å². The molecule has 1 aromatic rings. The van der Waals surface area contributed by atoms with Crippen LogP contribution in [0.25, 0.3) is 0 Å². The first kappa shape index (κ1) is 11.6. The number of amides is 1. The van der Waals surface area contributed by atoms with E-state index in [1.54, 1.807) is 0 Å². The van der Waals surface area contributed by atoms with E-state index in [-0.39, 0.29) is 11.8 Å². The van der Waals surface area contributed by atoms with Crippen molar-refractivity contribution in [2.45, 2.75) is 38.6 Å². The molecule has 2 N–H and O–H groups in total. The highest BCUT2D eigenvalue weighted by molar-refractivity contribution is 5.94. The van der Waals surface area contributed by atoms with E-state index in [9.17, 15) is 4.79 Å². The predicted octanol–water partition coefficient (Wildman–Crippen LogP) is 3.25. The van der Waals surface area contributed by atoms with Gasteiger partial charge in [0.2, 0.25) is 5.91 Å². The second-order valence-corrected chi connectivity index (χ2v) is 5.61. The van der Waals surface area contributed by atoms with Crippen LogP contribution in [0.3, 0.4) is 0 Å². The van der Waals surface area contributed by atoms with Crippen LogP contribution in [-0.2, 0) is 4.79 Å². The van der Waals surface area contributed by atoms with Gasteiger partial charge >= 0.3 is 0 Å². The second-order valence-electron chi connectivity index (χ2n) is 5.61. The van der Waals surface area contributed by atoms with Gasteiger partial charge in [-0.15, -0.1) is 0 Å². The summed E-state index contributed by atoms with van der Waals surface area (Å²) in [5.41, 5.74) is 2.04. The van der Waals surface area contributed by atoms with Gasteiger partial charge in [-0.05, 0) is 62.8 Å². The molecule has 1 atom stereocenters. The lowest BCUT2D eigenvalue weighted by Gasteiger charge is -2.14. The molecule has 0 radical (unpaired) electrons. The first-order chi connectivity index (χ1) is 8.72. The van der Waals surface area contributed by atoms with Gasteiger partial charge in [-0.1, -0.05) is 0 Å². The molecule has 96 valence electrons. The highest BCUT2D eigenvalue weighted by atomic mass is 16.2. The SMILES string of the molecule is CC(Nc1ccc(NC(=O)C2CC2)cc1)C1CC1. The van der Waals surface area contributed by atoms with Crippen molar-refractivity contribution in [1.82, 2.24) is 0 Å². The lowest BCUT2D eigenvalue weighted by Crippen LogP contribution is -2.17. The minimum atomic E-state index is 0.169. The number of rotatable bonds is 5. The summed E-state index contributed by atoms with van der Waals surface area (Å²) in [6.07, 6.45) is 4.79. The van der Waals surface area contributed by atoms with Gasteiger partial charge in [0, 0.05) is 23.3 Å². The summed E-state index contributed by atoms with van der Waals surface area (Å²) in [7, 11) is 0. The van der Waals surface area contributed by atoms with Crippen molar-refractivity contribution in [2.75, 3.05) is 10.6 Å². The fourth-order valence-corrected chi connectivity index (χ4v) is 2.22. The third-order valence-electron chi connectivity index (χ3n) is 3.82. The van der Waals surface area contributed by atoms with Crippen LogP contribution in [0.1, 0.15) is 32.6 Å². The molecule has 3 rings (SSSR count). The average molecular weight is 244 g/mol. The van der Waals surface area contributed by atoms with Crippen LogP contribution in [0.5, 0.6) is 0 Å². The third kappa shape index (κ3) is 2.84. The Balaban J connectivity index is 1.55. The van der Waals surface area contributed by atoms with E-state index in [4.69, 9.17) is 0 Å². The Labute approximate surface area is 108 Å². The van der Waals surface area contributed by atoms with E-state index in [1.807, 2.05) is 24.3 Å². The van der Waals surface area contributed by atoms with Crippen molar-refractivity contribution in [2.24, 2.45) is 11.8 Å². The van der Waals surface area contributed by atoms with Gasteiger partial charge in [0.05, 0.1) is 0 Å². The van der Waals surface area contributed by atoms with Crippen molar-refractivity contribution in [1.29, 1.82) is 0 Å². The Kier molecular flexibility index (Phi) is 2.98. The van der Waals surface area contributed by atoms with E-state index in [1.165, 1.54) is 12.8 Å². The normalized spacial score (nSPS) is 20.3. The lowest BCUT2D eigenvalue weighted by atomic mass is 10.2. The molecule has 2 fully saturated rings. The smallest absolute Gasteiger partial charge is 0.227 e. The standard InChI is InChI=1S/C15H20N2O/c1-10(11-2-3-11)16-13-6-8-14(9-7-13)17-15(18)12-4-5-12/h6-12,16H,2-5H2,1H3,(H,17,18). The van der Waals surface area contributed by atoms with Crippen molar-refractivity contribution >= 4 is 17.3 Å². The molecule has 2 saturated carbocycles. The molecule has 2 aliphatic rings. The first-order valence-electron chi connectivity index (χ1n) is 6.90. The van der Waals surface area contributed by atoms with E-state index in [0.29, 0.717) is 6.04 Å². The minimum Gasteiger partial charge on any atom is -0.382 e. The van der Waals surface area contributed by atoms with Crippen molar-refractivity contribution < 1.29 is 4.79 Å². The molecule has 18 heavy (non-hydrogen) atoms. The highest BCUT2D eigenvalue weighted by Crippen LogP contribution is 2.34. The molecule has 1 amide bonds. The molecule has 0 heterocycles. The first-order valence-corrected chi connectivity index (χ1v) is 6.90. The van der Waals surface area contributed by atoms with E-state index in [2.05, 4.69) is 17.6 Å². The van der Waals surface area contributed by atoms with Gasteiger partial charge in [-0.2, -0.15) is 0 Å². The Hall–Kier alpha value is -1.51. The van der Waals surface area contributed by atoms with Crippen LogP contribution in [0.2, 0.25) is 0 Å². The molecule has 0 spiro atoms. The second kappa shape index (κ2) is 4.63. The van der Waals surface area contributed by atoms with Crippen LogP contribution in [0, 0.1) is 11.8 Å². The van der Waals surface area contributed by atoms with Gasteiger partial charge in [-0.3, -0.25) is 4.79 Å². The quantitative estimate of drug-likeness (QED) is 0.834. The zero-order valence-electron chi connectivity index (χ0n) is 10.8. The van der Waals surface area contributed by atoms with E-state index in [0.717, 1.165) is 30.1 Å². The molecular formula is C15H20N2O. The Morgan fingerprint density at radius 1 is 1.11 bits per heavy atom. The Bertz CT molecular complexity index is 432. The fraction of sp³-hybridized carbons (Fsp3) is 0.533. The summed E-state index contributed by atoms with van der Waals surface area (Å²) in [4.78, 5) is 11.6. The lowest BCUT2D eigenvalue weighted by molar-refractivity contribution is -0.117. The molecule has 0 saturated heterocycles. The fourth-order valence-electron chi connectivity index (χ4n) is 2.22. The number of hydrogen-bond acceptors (Lipinski definition) is 2. The number of hydrogen-bond donors (Lipinski definition) is 2. The maximum atomic E-state index is 11.6. The van der Waals surface area contributed by atoms with Crippen LogP contribution in [0.4, 0.5) is 11.4 Å². The van der Waals surface area contributed by atoms with E-state index < -0.39 is 0 Å². The minimum absolute atomic E-state index is 0.169. The third-order valence-corrected chi connectivity index (χ3v) is 3.82. The Morgan fingerprint density at radius 3 is 2.28 bits per heavy atom. The summed E-state index contributed by atoms with van der Waals surface area (Å²) >= 11 is 0. The van der Waals surface area contributed by atoms with Gasteiger partial charge in [0.25, 0.3) is 0 Å². The topological polar surface area (TPSA) is 41.1 Å². The van der Waals surface area contributed by atoms with Crippen LogP contribution in [-0.4, -0.2) is 11.9 Å². The van der Waals surface area contributed by atoms with Gasteiger partial charge < -0.3 is 10.6 Å². The molecule has 1 unspecified atom stereocenters. The maximum absolute atomic E-state index is 11.6. The zero-order chi connectivity index (χ0) is 12.5. The van der Waals surface area contributed by atoms with Crippen LogP contribution in [0.15, 0.2) is 24.3 Å². The number of anilines is 2. The van der Waals surface area contributed by atoms with Crippen molar-refractivity contribution in [3.63, 3.8) is 0 Å². The van der Waals surface area contributed by atoms with Gasteiger partial charge in [0.15, 0.2) is 0 Å². The molecule has 3 heteroatoms. The molecule has 1 aromatic carbocycles. The molecule has 3 nitrogen and oxygen atoms in total. The summed E-state index contributed by atoms with van der Waals surface area (Å²) in [5.74, 6) is 1.28. The molecule has 0 bridgehead atoms. The highest BCUT2D eigenvalue weighted by Gasteiger charge is 2.29. The predicted molar refractivity (Wildman–Crippen MR) is 73.6 cm³/mol. The number of nitrogens with one attached hydrogen (secondary N) is 2. The number of carbonyl (C=O) groups is 1. The summed E-state index contributed by atoms with van der Waals surface area (Å²) in [6.45, 7) is 2.24. The average Bonchev–Trinajstić information content (AvgIpc) is 3.22. The Morgan fingerprint density at radius 2 is 1.72 bits per heavy atom. The van der Waals surface area contributed by atoms with Crippen LogP contribution < -0.4 is 10.6 Å². The summed E-state index contributed by atoms with van der Waals surface area (Å²) in [5, 5.41) is 6.46. The largest absolute Gasteiger partial charge is 0.382 e. The van der Waals surface area contributed by atoms with Crippen LogP contribution >= 0.6 is 0 Å². The maximum Gasteiger partial charge on any atom is 0.227 e. The van der Waals surface area contributed by atoms with E-state index >= 15 is 0 Å². The monoisotopic (exact) mass is 244 g/mol. The van der Waals surface area contributed by atoms with Gasteiger partial charge in [-0.25, -0.2) is 0 Å². The van der Waals surface area contributed by atoms with Crippen molar-refractivity contribution in [3.8, 4) is 0 Å². The summed E-state index contributed by atoms with van der Waals surface area (Å²) < 4.78 is 0. The zero-order valence-corrected chi connectivity index (χ0v) is 10.8. The molecule has 0 aromatic heterocycles. The van der Waals surface area contributed by atoms with Gasteiger partial charge in [0.1, 0.15) is 0 Å². The molecular weight excluding hydrogens is 224 g/mol.